The molecule has 1 aromatic carbocycles. The minimum atomic E-state index is -5.15. The van der Waals surface area contributed by atoms with E-state index in [9.17, 15) is 31.4 Å². The van der Waals surface area contributed by atoms with Crippen LogP contribution in [-0.4, -0.2) is 28.0 Å². The molecule has 9 heteroatoms. The average Bonchev–Trinajstić information content (AvgIpc) is 2.33. The summed E-state index contributed by atoms with van der Waals surface area (Å²) in [6, 6.07) is 1.27. The predicted molar refractivity (Wildman–Crippen MR) is 54.5 cm³/mol. The number of benzene rings is 1. The van der Waals surface area contributed by atoms with Gasteiger partial charge in [-0.1, -0.05) is 6.07 Å². The van der Waals surface area contributed by atoms with Crippen LogP contribution in [0.3, 0.4) is 0 Å². The molecule has 0 aliphatic heterocycles. The van der Waals surface area contributed by atoms with Gasteiger partial charge in [0.05, 0.1) is 17.7 Å². The van der Waals surface area contributed by atoms with Gasteiger partial charge in [-0.15, -0.1) is 0 Å². The van der Waals surface area contributed by atoms with Gasteiger partial charge in [-0.3, -0.25) is 0 Å². The van der Waals surface area contributed by atoms with Crippen LogP contribution in [0.4, 0.5) is 26.3 Å². The van der Waals surface area contributed by atoms with Gasteiger partial charge >= 0.3 is 12.4 Å². The molecule has 1 rings (SSSR count). The van der Waals surface area contributed by atoms with Gasteiger partial charge in [0.2, 0.25) is 0 Å². The summed E-state index contributed by atoms with van der Waals surface area (Å²) in [7, 11) is 0. The summed E-state index contributed by atoms with van der Waals surface area (Å²) in [4.78, 5) is 0. The molecule has 0 aliphatic carbocycles. The van der Waals surface area contributed by atoms with Crippen LogP contribution < -0.4 is 0 Å². The van der Waals surface area contributed by atoms with Crippen molar-refractivity contribution in [3.8, 4) is 0 Å². The van der Waals surface area contributed by atoms with Crippen LogP contribution in [0, 0.1) is 0 Å². The Hall–Kier alpha value is -1.32. The molecular formula is C11H10F6O3. The number of aliphatic hydroxyl groups is 3. The van der Waals surface area contributed by atoms with E-state index in [1.54, 1.807) is 0 Å². The van der Waals surface area contributed by atoms with E-state index >= 15 is 0 Å². The van der Waals surface area contributed by atoms with Crippen molar-refractivity contribution < 1.29 is 41.7 Å². The lowest BCUT2D eigenvalue weighted by Gasteiger charge is -2.24. The molecule has 20 heavy (non-hydrogen) atoms. The summed E-state index contributed by atoms with van der Waals surface area (Å²) in [5.41, 5.74) is -4.94. The summed E-state index contributed by atoms with van der Waals surface area (Å²) < 4.78 is 76.3. The first-order chi connectivity index (χ1) is 9.00. The zero-order valence-electron chi connectivity index (χ0n) is 9.70. The highest BCUT2D eigenvalue weighted by Gasteiger charge is 2.43. The normalized spacial score (nSPS) is 16.1. The first-order valence-electron chi connectivity index (χ1n) is 5.24. The van der Waals surface area contributed by atoms with Gasteiger partial charge in [-0.25, -0.2) is 0 Å². The summed E-state index contributed by atoms with van der Waals surface area (Å²) >= 11 is 0. The van der Waals surface area contributed by atoms with E-state index in [2.05, 4.69) is 0 Å². The third kappa shape index (κ3) is 3.41. The van der Waals surface area contributed by atoms with Crippen LogP contribution in [0.5, 0.6) is 0 Å². The summed E-state index contributed by atoms with van der Waals surface area (Å²) in [6.07, 6.45) is -15.0. The van der Waals surface area contributed by atoms with Crippen LogP contribution in [-0.2, 0) is 12.4 Å². The van der Waals surface area contributed by atoms with Crippen molar-refractivity contribution in [2.75, 3.05) is 6.61 Å². The predicted octanol–water partition coefficient (Wildman–Crippen LogP) is 2.11. The molecule has 0 bridgehead atoms. The Kier molecular flexibility index (Phi) is 4.67. The first kappa shape index (κ1) is 16.7. The second kappa shape index (κ2) is 5.58. The van der Waals surface area contributed by atoms with Crippen LogP contribution in [0.2, 0.25) is 0 Å². The van der Waals surface area contributed by atoms with Crippen LogP contribution in [0.15, 0.2) is 18.2 Å². The van der Waals surface area contributed by atoms with Crippen LogP contribution in [0.25, 0.3) is 0 Å². The standard InChI is InChI=1S/C11H10F6O3/c12-10(13,14)5-2-1-3-6(11(15,16)17)8(5)9(20)7(19)4-18/h1-3,7,9,18-20H,4H2. The summed E-state index contributed by atoms with van der Waals surface area (Å²) in [6.45, 7) is -1.19. The van der Waals surface area contributed by atoms with E-state index in [1.807, 2.05) is 0 Å². The molecule has 3 nitrogen and oxygen atoms in total. The zero-order chi connectivity index (χ0) is 15.7. The lowest BCUT2D eigenvalue weighted by molar-refractivity contribution is -0.147. The third-order valence-electron chi connectivity index (χ3n) is 2.56. The molecule has 3 N–H and O–H groups in total. The van der Waals surface area contributed by atoms with E-state index < -0.39 is 47.9 Å². The molecule has 0 saturated heterocycles. The molecule has 2 unspecified atom stereocenters. The van der Waals surface area contributed by atoms with Gasteiger partial charge in [-0.2, -0.15) is 26.3 Å². The minimum absolute atomic E-state index is 0.359. The monoisotopic (exact) mass is 304 g/mol. The number of hydrogen-bond acceptors (Lipinski definition) is 3. The van der Waals surface area contributed by atoms with E-state index in [0.29, 0.717) is 18.2 Å². The Morgan fingerprint density at radius 1 is 0.900 bits per heavy atom. The Bertz CT molecular complexity index is 436. The minimum Gasteiger partial charge on any atom is -0.394 e. The van der Waals surface area contributed by atoms with Gasteiger partial charge in [0.1, 0.15) is 12.2 Å². The van der Waals surface area contributed by atoms with Gasteiger partial charge in [0, 0.05) is 5.56 Å². The first-order valence-corrected chi connectivity index (χ1v) is 5.24. The fourth-order valence-corrected chi connectivity index (χ4v) is 1.67. The van der Waals surface area contributed by atoms with E-state index in [4.69, 9.17) is 10.2 Å². The molecule has 0 saturated carbocycles. The topological polar surface area (TPSA) is 60.7 Å². The van der Waals surface area contributed by atoms with Gasteiger partial charge in [-0.05, 0) is 12.1 Å². The molecule has 0 spiro atoms. The Labute approximate surface area is 109 Å². The third-order valence-corrected chi connectivity index (χ3v) is 2.56. The van der Waals surface area contributed by atoms with Gasteiger partial charge in [0.25, 0.3) is 0 Å². The smallest absolute Gasteiger partial charge is 0.394 e. The highest BCUT2D eigenvalue weighted by atomic mass is 19.4. The number of halogens is 6. The van der Waals surface area contributed by atoms with E-state index in [1.165, 1.54) is 0 Å². The zero-order valence-corrected chi connectivity index (χ0v) is 9.70. The molecule has 0 amide bonds. The lowest BCUT2D eigenvalue weighted by atomic mass is 9.93. The molecule has 1 aromatic rings. The quantitative estimate of drug-likeness (QED) is 0.750. The average molecular weight is 304 g/mol. The maximum absolute atomic E-state index is 12.7. The van der Waals surface area contributed by atoms with E-state index in [-0.39, 0.29) is 0 Å². The van der Waals surface area contributed by atoms with Crippen molar-refractivity contribution in [2.45, 2.75) is 24.6 Å². The number of aliphatic hydroxyl groups excluding tert-OH is 3. The fraction of sp³-hybridized carbons (Fsp3) is 0.455. The van der Waals surface area contributed by atoms with Crippen molar-refractivity contribution >= 4 is 0 Å². The van der Waals surface area contributed by atoms with Crippen molar-refractivity contribution in [2.24, 2.45) is 0 Å². The highest BCUT2D eigenvalue weighted by Crippen LogP contribution is 2.42. The Morgan fingerprint density at radius 3 is 1.60 bits per heavy atom. The molecule has 0 radical (unpaired) electrons. The van der Waals surface area contributed by atoms with Crippen molar-refractivity contribution in [3.05, 3.63) is 34.9 Å². The number of alkyl halides is 6. The molecule has 2 atom stereocenters. The summed E-state index contributed by atoms with van der Waals surface area (Å²) in [5.74, 6) is 0. The van der Waals surface area contributed by atoms with Crippen molar-refractivity contribution in [1.82, 2.24) is 0 Å². The second-order valence-electron chi connectivity index (χ2n) is 3.96. The molecule has 0 fully saturated rings. The van der Waals surface area contributed by atoms with Crippen molar-refractivity contribution in [1.29, 1.82) is 0 Å². The molecule has 0 aliphatic rings. The second-order valence-corrected chi connectivity index (χ2v) is 3.96. The van der Waals surface area contributed by atoms with Crippen LogP contribution >= 0.6 is 0 Å². The van der Waals surface area contributed by atoms with Gasteiger partial charge < -0.3 is 15.3 Å². The number of rotatable bonds is 3. The Balaban J connectivity index is 3.57. The fourth-order valence-electron chi connectivity index (χ4n) is 1.67. The largest absolute Gasteiger partial charge is 0.416 e. The molecule has 0 heterocycles. The SMILES string of the molecule is OCC(O)C(O)c1c(C(F)(F)F)cccc1C(F)(F)F. The Morgan fingerprint density at radius 2 is 1.30 bits per heavy atom. The molecule has 0 aromatic heterocycles. The summed E-state index contributed by atoms with van der Waals surface area (Å²) in [5, 5.41) is 27.2. The van der Waals surface area contributed by atoms with Crippen LogP contribution in [0.1, 0.15) is 22.8 Å². The van der Waals surface area contributed by atoms with Gasteiger partial charge in [0.15, 0.2) is 0 Å². The van der Waals surface area contributed by atoms with Crippen molar-refractivity contribution in [3.63, 3.8) is 0 Å². The van der Waals surface area contributed by atoms with E-state index in [0.717, 1.165) is 0 Å². The number of hydrogen-bond donors (Lipinski definition) is 3. The lowest BCUT2D eigenvalue weighted by Crippen LogP contribution is -2.27. The maximum atomic E-state index is 12.7. The highest BCUT2D eigenvalue weighted by molar-refractivity contribution is 5.41. The molecule has 114 valence electrons. The molecular weight excluding hydrogens is 294 g/mol. The maximum Gasteiger partial charge on any atom is 0.416 e.